The Labute approximate surface area is 145 Å². The largest absolute Gasteiger partial charge is 0.493 e. The minimum atomic E-state index is -0.406. The van der Waals surface area contributed by atoms with Gasteiger partial charge in [0.15, 0.2) is 11.5 Å². The summed E-state index contributed by atoms with van der Waals surface area (Å²) in [6, 6.07) is 10.2. The summed E-state index contributed by atoms with van der Waals surface area (Å²) in [6.07, 6.45) is 1.45. The number of ether oxygens (including phenoxy) is 3. The molecule has 0 radical (unpaired) electrons. The Morgan fingerprint density at radius 3 is 2.38 bits per heavy atom. The Morgan fingerprint density at radius 2 is 1.75 bits per heavy atom. The van der Waals surface area contributed by atoms with Crippen molar-refractivity contribution in [1.29, 1.82) is 0 Å². The monoisotopic (exact) mass is 348 g/mol. The molecule has 0 atom stereocenters. The Kier molecular flexibility index (Phi) is 6.03. The van der Waals surface area contributed by atoms with Crippen LogP contribution < -0.4 is 19.6 Å². The minimum Gasteiger partial charge on any atom is -0.493 e. The number of hydrazone groups is 1. The van der Waals surface area contributed by atoms with Crippen LogP contribution in [0, 0.1) is 0 Å². The molecule has 126 valence electrons. The zero-order valence-corrected chi connectivity index (χ0v) is 14.3. The van der Waals surface area contributed by atoms with Crippen molar-refractivity contribution in [2.75, 3.05) is 21.3 Å². The lowest BCUT2D eigenvalue weighted by atomic mass is 10.2. The predicted molar refractivity (Wildman–Crippen MR) is 92.6 cm³/mol. The first-order valence-corrected chi connectivity index (χ1v) is 7.37. The molecule has 2 aromatic carbocycles. The van der Waals surface area contributed by atoms with Crippen LogP contribution in [0.15, 0.2) is 41.5 Å². The molecule has 0 heterocycles. The first-order chi connectivity index (χ1) is 11.6. The van der Waals surface area contributed by atoms with Crippen LogP contribution in [0.2, 0.25) is 5.02 Å². The van der Waals surface area contributed by atoms with E-state index in [4.69, 9.17) is 25.8 Å². The van der Waals surface area contributed by atoms with Crippen molar-refractivity contribution in [2.45, 2.75) is 0 Å². The van der Waals surface area contributed by atoms with Gasteiger partial charge in [-0.1, -0.05) is 23.7 Å². The summed E-state index contributed by atoms with van der Waals surface area (Å²) in [6.45, 7) is 0. The second-order valence-corrected chi connectivity index (χ2v) is 5.01. The van der Waals surface area contributed by atoms with Crippen molar-refractivity contribution in [2.24, 2.45) is 5.10 Å². The van der Waals surface area contributed by atoms with Gasteiger partial charge in [0.2, 0.25) is 5.75 Å². The molecule has 0 spiro atoms. The highest BCUT2D eigenvalue weighted by molar-refractivity contribution is 6.33. The van der Waals surface area contributed by atoms with Crippen molar-refractivity contribution in [1.82, 2.24) is 5.43 Å². The fourth-order valence-corrected chi connectivity index (χ4v) is 2.31. The third-order valence-corrected chi connectivity index (χ3v) is 3.55. The van der Waals surface area contributed by atoms with E-state index in [1.807, 2.05) is 0 Å². The predicted octanol–water partition coefficient (Wildman–Crippen LogP) is 3.13. The summed E-state index contributed by atoms with van der Waals surface area (Å²) in [4.78, 5) is 12.0. The summed E-state index contributed by atoms with van der Waals surface area (Å²) >= 11 is 5.97. The van der Waals surface area contributed by atoms with Crippen molar-refractivity contribution < 1.29 is 19.0 Å². The van der Waals surface area contributed by atoms with Crippen LogP contribution in [-0.2, 0) is 0 Å². The number of rotatable bonds is 6. The van der Waals surface area contributed by atoms with Gasteiger partial charge in [0.05, 0.1) is 38.1 Å². The number of halogens is 1. The number of carbonyl (C=O) groups is 1. The molecule has 0 aliphatic rings. The van der Waals surface area contributed by atoms with Crippen LogP contribution in [0.5, 0.6) is 17.2 Å². The first-order valence-electron chi connectivity index (χ1n) is 6.99. The molecule has 0 aliphatic carbocycles. The van der Waals surface area contributed by atoms with Gasteiger partial charge in [0.1, 0.15) is 0 Å². The Morgan fingerprint density at radius 1 is 1.04 bits per heavy atom. The summed E-state index contributed by atoms with van der Waals surface area (Å²) in [7, 11) is 4.56. The molecular formula is C17H17ClN2O4. The second kappa shape index (κ2) is 8.21. The number of nitrogens with zero attached hydrogens (tertiary/aromatic N) is 1. The van der Waals surface area contributed by atoms with Gasteiger partial charge in [-0.25, -0.2) is 5.43 Å². The Bertz CT molecular complexity index is 762. The third kappa shape index (κ3) is 3.78. The third-order valence-electron chi connectivity index (χ3n) is 3.22. The normalized spacial score (nSPS) is 10.5. The van der Waals surface area contributed by atoms with Gasteiger partial charge in [-0.2, -0.15) is 5.10 Å². The highest BCUT2D eigenvalue weighted by Crippen LogP contribution is 2.38. The molecule has 0 saturated heterocycles. The van der Waals surface area contributed by atoms with E-state index >= 15 is 0 Å². The number of amides is 1. The summed E-state index contributed by atoms with van der Waals surface area (Å²) in [5.41, 5.74) is 3.39. The SMILES string of the molecule is COc1ccc(/C=N/NC(=O)c2ccccc2Cl)c(OC)c1OC. The minimum absolute atomic E-state index is 0.343. The standard InChI is InChI=1S/C17H17ClN2O4/c1-22-14-9-8-11(15(23-2)16(14)24-3)10-19-20-17(21)12-6-4-5-7-13(12)18/h4-10H,1-3H3,(H,20,21)/b19-10+. The van der Waals surface area contributed by atoms with Gasteiger partial charge in [0.25, 0.3) is 5.91 Å². The van der Waals surface area contributed by atoms with Gasteiger partial charge < -0.3 is 14.2 Å². The van der Waals surface area contributed by atoms with E-state index in [1.54, 1.807) is 36.4 Å². The molecule has 0 aliphatic heterocycles. The summed E-state index contributed by atoms with van der Waals surface area (Å²) < 4.78 is 15.8. The maximum absolute atomic E-state index is 12.0. The van der Waals surface area contributed by atoms with Crippen molar-refractivity contribution in [3.63, 3.8) is 0 Å². The van der Waals surface area contributed by atoms with Gasteiger partial charge >= 0.3 is 0 Å². The Hall–Kier alpha value is -2.73. The number of nitrogens with one attached hydrogen (secondary N) is 1. The molecule has 0 bridgehead atoms. The zero-order valence-electron chi connectivity index (χ0n) is 13.5. The van der Waals surface area contributed by atoms with Crippen molar-refractivity contribution >= 4 is 23.7 Å². The topological polar surface area (TPSA) is 69.2 Å². The van der Waals surface area contributed by atoms with Gasteiger partial charge in [0, 0.05) is 5.56 Å². The van der Waals surface area contributed by atoms with E-state index in [-0.39, 0.29) is 0 Å². The molecule has 1 N–H and O–H groups in total. The number of hydrogen-bond acceptors (Lipinski definition) is 5. The molecule has 2 aromatic rings. The number of carbonyl (C=O) groups excluding carboxylic acids is 1. The highest BCUT2D eigenvalue weighted by atomic mass is 35.5. The lowest BCUT2D eigenvalue weighted by Gasteiger charge is -2.13. The van der Waals surface area contributed by atoms with E-state index < -0.39 is 5.91 Å². The molecule has 1 amide bonds. The van der Waals surface area contributed by atoms with E-state index in [0.717, 1.165) is 0 Å². The van der Waals surface area contributed by atoms with Crippen LogP contribution in [0.3, 0.4) is 0 Å². The lowest BCUT2D eigenvalue weighted by Crippen LogP contribution is -2.18. The smallest absolute Gasteiger partial charge is 0.272 e. The lowest BCUT2D eigenvalue weighted by molar-refractivity contribution is 0.0955. The number of benzene rings is 2. The molecule has 0 saturated carbocycles. The van der Waals surface area contributed by atoms with E-state index in [1.165, 1.54) is 27.5 Å². The maximum Gasteiger partial charge on any atom is 0.272 e. The van der Waals surface area contributed by atoms with E-state index in [2.05, 4.69) is 10.5 Å². The first kappa shape index (κ1) is 17.6. The Balaban J connectivity index is 2.20. The molecule has 0 aromatic heterocycles. The molecular weight excluding hydrogens is 332 g/mol. The van der Waals surface area contributed by atoms with Crippen LogP contribution >= 0.6 is 11.6 Å². The molecule has 7 heteroatoms. The number of methoxy groups -OCH3 is 3. The van der Waals surface area contributed by atoms with Gasteiger partial charge in [-0.05, 0) is 24.3 Å². The van der Waals surface area contributed by atoms with Gasteiger partial charge in [-0.15, -0.1) is 0 Å². The quantitative estimate of drug-likeness (QED) is 0.643. The van der Waals surface area contributed by atoms with Crippen LogP contribution in [0.25, 0.3) is 0 Å². The highest BCUT2D eigenvalue weighted by Gasteiger charge is 2.15. The van der Waals surface area contributed by atoms with Crippen LogP contribution in [0.4, 0.5) is 0 Å². The summed E-state index contributed by atoms with van der Waals surface area (Å²) in [5.74, 6) is 1.02. The fourth-order valence-electron chi connectivity index (χ4n) is 2.09. The molecule has 2 rings (SSSR count). The summed E-state index contributed by atoms with van der Waals surface area (Å²) in [5, 5.41) is 4.29. The van der Waals surface area contributed by atoms with Crippen LogP contribution in [0.1, 0.15) is 15.9 Å². The molecule has 0 unspecified atom stereocenters. The molecule has 24 heavy (non-hydrogen) atoms. The zero-order chi connectivity index (χ0) is 17.5. The van der Waals surface area contributed by atoms with Crippen molar-refractivity contribution in [3.05, 3.63) is 52.5 Å². The average Bonchev–Trinajstić information content (AvgIpc) is 2.61. The molecule has 0 fully saturated rings. The average molecular weight is 349 g/mol. The second-order valence-electron chi connectivity index (χ2n) is 4.60. The molecule has 6 nitrogen and oxygen atoms in total. The van der Waals surface area contributed by atoms with Gasteiger partial charge in [-0.3, -0.25) is 4.79 Å². The van der Waals surface area contributed by atoms with E-state index in [9.17, 15) is 4.79 Å². The van der Waals surface area contributed by atoms with Crippen LogP contribution in [-0.4, -0.2) is 33.5 Å². The number of hydrogen-bond donors (Lipinski definition) is 1. The van der Waals surface area contributed by atoms with E-state index in [0.29, 0.717) is 33.4 Å². The maximum atomic E-state index is 12.0. The fraction of sp³-hybridized carbons (Fsp3) is 0.176. The van der Waals surface area contributed by atoms with Crippen molar-refractivity contribution in [3.8, 4) is 17.2 Å².